The van der Waals surface area contributed by atoms with Crippen molar-refractivity contribution in [3.8, 4) is 17.2 Å². The molecule has 0 spiro atoms. The number of hydrogen-bond donors (Lipinski definition) is 2. The number of pyridine rings is 1. The predicted molar refractivity (Wildman–Crippen MR) is 79.7 cm³/mol. The highest BCUT2D eigenvalue weighted by Crippen LogP contribution is 2.33. The highest BCUT2D eigenvalue weighted by Gasteiger charge is 2.28. The molecule has 1 aromatic heterocycles. The van der Waals surface area contributed by atoms with Crippen molar-refractivity contribution in [1.82, 2.24) is 4.98 Å². The molecule has 0 bridgehead atoms. The van der Waals surface area contributed by atoms with Gasteiger partial charge in [0.15, 0.2) is 5.69 Å². The Morgan fingerprint density at radius 3 is 2.38 bits per heavy atom. The maximum atomic E-state index is 11.6. The lowest BCUT2D eigenvalue weighted by atomic mass is 9.92. The smallest absolute Gasteiger partial charge is 0.339 e. The number of nitrogens with zero attached hydrogens (tertiary/aromatic N) is 3. The molecule has 9 heteroatoms. The van der Waals surface area contributed by atoms with Crippen LogP contribution in [0.2, 0.25) is 0 Å². The molecule has 1 aromatic carbocycles. The number of aromatic nitrogens is 1. The predicted octanol–water partition coefficient (Wildman–Crippen LogP) is 2.23. The minimum absolute atomic E-state index is 0.000926. The third-order valence-corrected chi connectivity index (χ3v) is 3.26. The van der Waals surface area contributed by atoms with Crippen molar-refractivity contribution in [1.29, 1.82) is 5.26 Å². The highest BCUT2D eigenvalue weighted by atomic mass is 16.6. The van der Waals surface area contributed by atoms with Crippen molar-refractivity contribution < 1.29 is 24.7 Å². The number of non-ortho nitro benzene ring substituents is 1. The summed E-state index contributed by atoms with van der Waals surface area (Å²) in [7, 11) is 0. The van der Waals surface area contributed by atoms with Crippen LogP contribution < -0.4 is 0 Å². The van der Waals surface area contributed by atoms with E-state index in [1.807, 2.05) is 0 Å². The van der Waals surface area contributed by atoms with E-state index in [4.69, 9.17) is 5.26 Å². The van der Waals surface area contributed by atoms with Crippen LogP contribution in [-0.2, 0) is 0 Å². The number of rotatable bonds is 4. The summed E-state index contributed by atoms with van der Waals surface area (Å²) in [6.07, 6.45) is 0. The Bertz CT molecular complexity index is 930. The minimum Gasteiger partial charge on any atom is -0.478 e. The van der Waals surface area contributed by atoms with Gasteiger partial charge in [0, 0.05) is 17.7 Å². The van der Waals surface area contributed by atoms with Crippen LogP contribution in [0.3, 0.4) is 0 Å². The van der Waals surface area contributed by atoms with Gasteiger partial charge in [-0.05, 0) is 12.5 Å². The van der Waals surface area contributed by atoms with Crippen molar-refractivity contribution in [3.63, 3.8) is 0 Å². The normalized spacial score (nSPS) is 10.0. The van der Waals surface area contributed by atoms with Gasteiger partial charge < -0.3 is 10.2 Å². The molecule has 0 aliphatic heterocycles. The second kappa shape index (κ2) is 6.13. The van der Waals surface area contributed by atoms with Crippen LogP contribution in [0.25, 0.3) is 11.1 Å². The number of hydrogen-bond acceptors (Lipinski definition) is 6. The molecule has 2 rings (SSSR count). The maximum absolute atomic E-state index is 11.6. The molecule has 24 heavy (non-hydrogen) atoms. The van der Waals surface area contributed by atoms with Gasteiger partial charge in [-0.25, -0.2) is 14.6 Å². The Hall–Kier alpha value is -3.80. The fourth-order valence-corrected chi connectivity index (χ4v) is 2.32. The van der Waals surface area contributed by atoms with Gasteiger partial charge in [0.1, 0.15) is 11.6 Å². The summed E-state index contributed by atoms with van der Waals surface area (Å²) in [6.45, 7) is 1.32. The summed E-state index contributed by atoms with van der Waals surface area (Å²) in [4.78, 5) is 37.1. The Morgan fingerprint density at radius 2 is 1.88 bits per heavy atom. The molecule has 0 aliphatic rings. The van der Waals surface area contributed by atoms with Crippen molar-refractivity contribution in [2.75, 3.05) is 0 Å². The van der Waals surface area contributed by atoms with Gasteiger partial charge in [0.2, 0.25) is 0 Å². The van der Waals surface area contributed by atoms with Crippen LogP contribution in [-0.4, -0.2) is 32.1 Å². The first-order chi connectivity index (χ1) is 11.3. The largest absolute Gasteiger partial charge is 0.478 e. The fourth-order valence-electron chi connectivity index (χ4n) is 2.32. The molecule has 0 aliphatic carbocycles. The second-order valence-corrected chi connectivity index (χ2v) is 4.70. The highest BCUT2D eigenvalue weighted by molar-refractivity contribution is 6.06. The number of benzene rings is 1. The zero-order valence-corrected chi connectivity index (χ0v) is 12.2. The van der Waals surface area contributed by atoms with Gasteiger partial charge in [0.05, 0.1) is 16.2 Å². The van der Waals surface area contributed by atoms with E-state index in [0.29, 0.717) is 0 Å². The zero-order valence-electron chi connectivity index (χ0n) is 12.2. The topological polar surface area (TPSA) is 154 Å². The quantitative estimate of drug-likeness (QED) is 0.639. The Morgan fingerprint density at radius 1 is 1.25 bits per heavy atom. The molecule has 9 nitrogen and oxygen atoms in total. The van der Waals surface area contributed by atoms with Gasteiger partial charge in [-0.3, -0.25) is 10.1 Å². The molecular weight excluding hydrogens is 318 g/mol. The van der Waals surface area contributed by atoms with E-state index < -0.39 is 33.7 Å². The molecule has 0 saturated carbocycles. The molecule has 0 unspecified atom stereocenters. The number of aromatic carboxylic acids is 2. The average Bonchev–Trinajstić information content (AvgIpc) is 2.52. The third-order valence-electron chi connectivity index (χ3n) is 3.26. The molecule has 0 radical (unpaired) electrons. The van der Waals surface area contributed by atoms with Crippen LogP contribution in [0.5, 0.6) is 0 Å². The standard InChI is InChI=1S/C15H9N3O6/c1-7-11(14(19)20)12(13(15(21)22)10(6-16)17-7)8-3-2-4-9(5-8)18(23)24/h2-5H,1H3,(H,19,20)(H,21,22). The van der Waals surface area contributed by atoms with E-state index in [1.54, 1.807) is 6.07 Å². The van der Waals surface area contributed by atoms with Gasteiger partial charge >= 0.3 is 11.9 Å². The Labute approximate surface area is 134 Å². The fraction of sp³-hybridized carbons (Fsp3) is 0.0667. The summed E-state index contributed by atoms with van der Waals surface area (Å²) >= 11 is 0. The summed E-state index contributed by atoms with van der Waals surface area (Å²) in [6, 6.07) is 6.48. The van der Waals surface area contributed by atoms with E-state index in [9.17, 15) is 29.9 Å². The third kappa shape index (κ3) is 2.76. The number of nitro benzene ring substituents is 1. The maximum Gasteiger partial charge on any atom is 0.339 e. The molecule has 0 fully saturated rings. The molecular formula is C15H9N3O6. The SMILES string of the molecule is Cc1nc(C#N)c(C(=O)O)c(-c2cccc([N+](=O)[O-])c2)c1C(=O)O. The van der Waals surface area contributed by atoms with Gasteiger partial charge in [-0.15, -0.1) is 0 Å². The first-order valence-electron chi connectivity index (χ1n) is 6.44. The van der Waals surface area contributed by atoms with Crippen molar-refractivity contribution >= 4 is 17.6 Å². The van der Waals surface area contributed by atoms with Crippen LogP contribution in [0.1, 0.15) is 32.1 Å². The van der Waals surface area contributed by atoms with Gasteiger partial charge in [0.25, 0.3) is 5.69 Å². The number of aryl methyl sites for hydroxylation is 1. The van der Waals surface area contributed by atoms with E-state index in [2.05, 4.69) is 4.98 Å². The van der Waals surface area contributed by atoms with Gasteiger partial charge in [-0.1, -0.05) is 12.1 Å². The number of carboxylic acids is 2. The Kier molecular flexibility index (Phi) is 4.23. The lowest BCUT2D eigenvalue weighted by Gasteiger charge is -2.13. The summed E-state index contributed by atoms with van der Waals surface area (Å²) in [5, 5.41) is 38.8. The monoisotopic (exact) mass is 327 g/mol. The van der Waals surface area contributed by atoms with Crippen molar-refractivity contribution in [2.45, 2.75) is 6.92 Å². The molecule has 2 aromatic rings. The number of nitriles is 1. The molecule has 0 amide bonds. The number of nitro groups is 1. The van der Waals surface area contributed by atoms with Crippen molar-refractivity contribution in [3.05, 3.63) is 56.9 Å². The summed E-state index contributed by atoms with van der Waals surface area (Å²) in [5.74, 6) is -3.00. The first-order valence-corrected chi connectivity index (χ1v) is 6.44. The van der Waals surface area contributed by atoms with Gasteiger partial charge in [-0.2, -0.15) is 5.26 Å². The van der Waals surface area contributed by atoms with E-state index in [0.717, 1.165) is 6.07 Å². The molecule has 0 saturated heterocycles. The van der Waals surface area contributed by atoms with E-state index >= 15 is 0 Å². The van der Waals surface area contributed by atoms with E-state index in [1.165, 1.54) is 25.1 Å². The lowest BCUT2D eigenvalue weighted by Crippen LogP contribution is -2.14. The number of carboxylic acid groups (broad SMARTS) is 2. The van der Waals surface area contributed by atoms with E-state index in [-0.39, 0.29) is 22.5 Å². The first kappa shape index (κ1) is 16.6. The number of carbonyl (C=O) groups is 2. The Balaban J connectivity index is 2.99. The summed E-state index contributed by atoms with van der Waals surface area (Å²) in [5.41, 5.74) is -2.19. The molecule has 2 N–H and O–H groups in total. The summed E-state index contributed by atoms with van der Waals surface area (Å²) < 4.78 is 0. The lowest BCUT2D eigenvalue weighted by molar-refractivity contribution is -0.384. The van der Waals surface area contributed by atoms with Crippen LogP contribution in [0.4, 0.5) is 5.69 Å². The molecule has 120 valence electrons. The zero-order chi connectivity index (χ0) is 18.0. The minimum atomic E-state index is -1.55. The molecule has 1 heterocycles. The molecule has 0 atom stereocenters. The van der Waals surface area contributed by atoms with Crippen molar-refractivity contribution in [2.24, 2.45) is 0 Å². The second-order valence-electron chi connectivity index (χ2n) is 4.70. The van der Waals surface area contributed by atoms with Crippen LogP contribution in [0.15, 0.2) is 24.3 Å². The van der Waals surface area contributed by atoms with Crippen LogP contribution in [0, 0.1) is 28.4 Å². The average molecular weight is 327 g/mol. The van der Waals surface area contributed by atoms with Crippen LogP contribution >= 0.6 is 0 Å².